The Hall–Kier alpha value is -3.94. The maximum Gasteiger partial charge on any atom is 0.333 e. The summed E-state index contributed by atoms with van der Waals surface area (Å²) < 4.78 is 17.0. The smallest absolute Gasteiger partial charge is 0.333 e. The topological polar surface area (TPSA) is 77.1 Å². The minimum Gasteiger partial charge on any atom is -0.457 e. The number of para-hydroxylation sites is 1. The molecule has 1 fully saturated rings. The first-order chi connectivity index (χ1) is 16.6. The van der Waals surface area contributed by atoms with Gasteiger partial charge in [-0.3, -0.25) is 4.79 Å². The molecule has 34 heavy (non-hydrogen) atoms. The molecule has 0 spiro atoms. The highest BCUT2D eigenvalue weighted by Crippen LogP contribution is 2.27. The third kappa shape index (κ3) is 5.33. The number of carbonyl (C=O) groups is 2. The van der Waals surface area contributed by atoms with Crippen molar-refractivity contribution in [2.24, 2.45) is 0 Å². The van der Waals surface area contributed by atoms with Gasteiger partial charge in [0.2, 0.25) is 0 Å². The number of nitrogens with zero attached hydrogens (tertiary/aromatic N) is 1. The third-order valence-electron chi connectivity index (χ3n) is 5.11. The number of benzene rings is 3. The van der Waals surface area contributed by atoms with Crippen molar-refractivity contribution >= 4 is 23.7 Å². The van der Waals surface area contributed by atoms with Crippen LogP contribution >= 0.6 is 0 Å². The van der Waals surface area contributed by atoms with Gasteiger partial charge in [0, 0.05) is 18.8 Å². The van der Waals surface area contributed by atoms with E-state index in [1.165, 1.54) is 0 Å². The minimum atomic E-state index is -0.502. The van der Waals surface area contributed by atoms with E-state index in [-0.39, 0.29) is 5.70 Å². The molecule has 0 aromatic heterocycles. The number of anilines is 1. The zero-order valence-electron chi connectivity index (χ0n) is 19.1. The lowest BCUT2D eigenvalue weighted by Crippen LogP contribution is -2.30. The molecule has 0 radical (unpaired) electrons. The van der Waals surface area contributed by atoms with Gasteiger partial charge in [0.15, 0.2) is 6.29 Å². The fourth-order valence-electron chi connectivity index (χ4n) is 3.52. The van der Waals surface area contributed by atoms with Crippen molar-refractivity contribution in [3.8, 4) is 11.5 Å². The molecule has 174 valence electrons. The first-order valence-electron chi connectivity index (χ1n) is 11.1. The van der Waals surface area contributed by atoms with Gasteiger partial charge in [0.05, 0.1) is 5.69 Å². The lowest BCUT2D eigenvalue weighted by molar-refractivity contribution is -0.140. The van der Waals surface area contributed by atoms with Crippen LogP contribution in [0.15, 0.2) is 84.6 Å². The summed E-state index contributed by atoms with van der Waals surface area (Å²) in [7, 11) is 0. The van der Waals surface area contributed by atoms with Gasteiger partial charge in [0.1, 0.15) is 17.2 Å². The number of carbonyl (C=O) groups excluding carboxylic acids is 2. The second-order valence-electron chi connectivity index (χ2n) is 7.45. The van der Waals surface area contributed by atoms with Crippen molar-refractivity contribution in [1.29, 1.82) is 0 Å². The van der Waals surface area contributed by atoms with Crippen LogP contribution in [0, 0.1) is 0 Å². The van der Waals surface area contributed by atoms with Crippen LogP contribution in [0.25, 0.3) is 6.08 Å². The van der Waals surface area contributed by atoms with E-state index < -0.39 is 18.2 Å². The maximum atomic E-state index is 12.9. The van der Waals surface area contributed by atoms with E-state index in [9.17, 15) is 9.59 Å². The van der Waals surface area contributed by atoms with Gasteiger partial charge in [-0.15, -0.1) is 0 Å². The van der Waals surface area contributed by atoms with Crippen molar-refractivity contribution in [1.82, 2.24) is 5.32 Å². The molecular formula is C27H26N2O5. The van der Waals surface area contributed by atoms with Crippen LogP contribution in [0.2, 0.25) is 0 Å². The molecule has 1 N–H and O–H groups in total. The summed E-state index contributed by atoms with van der Waals surface area (Å²) in [6.45, 7) is 4.89. The van der Waals surface area contributed by atoms with Crippen LogP contribution in [0.3, 0.4) is 0 Å². The number of rotatable bonds is 9. The van der Waals surface area contributed by atoms with Crippen LogP contribution in [0.5, 0.6) is 11.5 Å². The Balaban J connectivity index is 1.47. The van der Waals surface area contributed by atoms with Gasteiger partial charge in [0.25, 0.3) is 5.91 Å². The number of amides is 3. The van der Waals surface area contributed by atoms with Crippen molar-refractivity contribution < 1.29 is 23.8 Å². The van der Waals surface area contributed by atoms with Gasteiger partial charge in [-0.25, -0.2) is 9.69 Å². The van der Waals surface area contributed by atoms with Gasteiger partial charge in [-0.2, -0.15) is 0 Å². The molecular weight excluding hydrogens is 432 g/mol. The maximum absolute atomic E-state index is 12.9. The summed E-state index contributed by atoms with van der Waals surface area (Å²) in [4.78, 5) is 26.6. The number of hydrogen-bond acceptors (Lipinski definition) is 5. The standard InChI is InChI=1S/C27H26N2O5/c1-3-32-26(33-4-2)20-12-10-19(11-13-20)18-24-25(30)29(27(31)28-24)21-14-16-23(17-15-21)34-22-8-6-5-7-9-22/h5-18,26H,3-4H2,1-2H3,(H,28,31). The molecule has 1 heterocycles. The summed E-state index contributed by atoms with van der Waals surface area (Å²) >= 11 is 0. The SMILES string of the molecule is CCOC(OCC)c1ccc(C=C2NC(=O)N(c3ccc(Oc4ccccc4)cc3)C2=O)cc1. The van der Waals surface area contributed by atoms with Crippen molar-refractivity contribution in [2.75, 3.05) is 18.1 Å². The number of hydrogen-bond donors (Lipinski definition) is 1. The quantitative estimate of drug-likeness (QED) is 0.255. The van der Waals surface area contributed by atoms with Gasteiger partial charge in [-0.05, 0) is 61.9 Å². The minimum absolute atomic E-state index is 0.202. The summed E-state index contributed by atoms with van der Waals surface area (Å²) in [5.74, 6) is 0.887. The summed E-state index contributed by atoms with van der Waals surface area (Å²) in [5, 5.41) is 2.65. The molecule has 0 atom stereocenters. The van der Waals surface area contributed by atoms with E-state index >= 15 is 0 Å². The fourth-order valence-corrected chi connectivity index (χ4v) is 3.52. The number of ether oxygens (including phenoxy) is 3. The number of nitrogens with one attached hydrogen (secondary N) is 1. The highest BCUT2D eigenvalue weighted by Gasteiger charge is 2.34. The van der Waals surface area contributed by atoms with Gasteiger partial charge in [-0.1, -0.05) is 42.5 Å². The average molecular weight is 459 g/mol. The second-order valence-corrected chi connectivity index (χ2v) is 7.45. The molecule has 0 bridgehead atoms. The Labute approximate surface area is 198 Å². The first-order valence-corrected chi connectivity index (χ1v) is 11.1. The molecule has 1 saturated heterocycles. The molecule has 0 unspecified atom stereocenters. The lowest BCUT2D eigenvalue weighted by Gasteiger charge is -2.17. The predicted molar refractivity (Wildman–Crippen MR) is 129 cm³/mol. The second kappa shape index (κ2) is 10.8. The fraction of sp³-hybridized carbons (Fsp3) is 0.185. The average Bonchev–Trinajstić information content (AvgIpc) is 3.13. The molecule has 7 nitrogen and oxygen atoms in total. The highest BCUT2D eigenvalue weighted by atomic mass is 16.7. The summed E-state index contributed by atoms with van der Waals surface area (Å²) in [5.41, 5.74) is 2.31. The van der Waals surface area contributed by atoms with Gasteiger partial charge < -0.3 is 19.5 Å². The van der Waals surface area contributed by atoms with Crippen molar-refractivity contribution in [3.05, 3.63) is 95.7 Å². The van der Waals surface area contributed by atoms with E-state index in [0.29, 0.717) is 30.4 Å². The Morgan fingerprint density at radius 3 is 2.06 bits per heavy atom. The zero-order valence-corrected chi connectivity index (χ0v) is 19.1. The predicted octanol–water partition coefficient (Wildman–Crippen LogP) is 5.65. The molecule has 0 aliphatic carbocycles. The molecule has 1 aliphatic rings. The summed E-state index contributed by atoms with van der Waals surface area (Å²) in [6, 6.07) is 23.1. The largest absolute Gasteiger partial charge is 0.457 e. The van der Waals surface area contributed by atoms with Crippen LogP contribution in [0.1, 0.15) is 31.3 Å². The van der Waals surface area contributed by atoms with E-state index in [1.807, 2.05) is 68.4 Å². The van der Waals surface area contributed by atoms with Crippen LogP contribution < -0.4 is 15.0 Å². The van der Waals surface area contributed by atoms with Gasteiger partial charge >= 0.3 is 6.03 Å². The molecule has 3 aromatic carbocycles. The molecule has 3 amide bonds. The number of imide groups is 1. The van der Waals surface area contributed by atoms with Crippen molar-refractivity contribution in [2.45, 2.75) is 20.1 Å². The normalized spacial score (nSPS) is 14.7. The van der Waals surface area contributed by atoms with E-state index in [0.717, 1.165) is 16.0 Å². The van der Waals surface area contributed by atoms with Crippen LogP contribution in [-0.4, -0.2) is 25.2 Å². The van der Waals surface area contributed by atoms with Crippen molar-refractivity contribution in [3.63, 3.8) is 0 Å². The lowest BCUT2D eigenvalue weighted by atomic mass is 10.1. The highest BCUT2D eigenvalue weighted by molar-refractivity contribution is 6.28. The Morgan fingerprint density at radius 2 is 1.44 bits per heavy atom. The third-order valence-corrected chi connectivity index (χ3v) is 5.11. The van der Waals surface area contributed by atoms with E-state index in [4.69, 9.17) is 14.2 Å². The molecule has 4 rings (SSSR count). The van der Waals surface area contributed by atoms with E-state index in [2.05, 4.69) is 5.32 Å². The monoisotopic (exact) mass is 458 g/mol. The first kappa shape index (κ1) is 23.2. The molecule has 0 saturated carbocycles. The Morgan fingerprint density at radius 1 is 0.824 bits per heavy atom. The van der Waals surface area contributed by atoms with Crippen LogP contribution in [-0.2, 0) is 14.3 Å². The summed E-state index contributed by atoms with van der Waals surface area (Å²) in [6.07, 6.45) is 1.21. The Kier molecular flexibility index (Phi) is 7.37. The zero-order chi connectivity index (χ0) is 23.9. The molecule has 1 aliphatic heterocycles. The molecule has 7 heteroatoms. The molecule has 3 aromatic rings. The number of urea groups is 1. The van der Waals surface area contributed by atoms with E-state index in [1.54, 1.807) is 30.3 Å². The van der Waals surface area contributed by atoms with Crippen LogP contribution in [0.4, 0.5) is 10.5 Å². The Bertz CT molecular complexity index is 1150.